The minimum atomic E-state index is -0.485. The number of nitrogens with one attached hydrogen (secondary N) is 2. The van der Waals surface area contributed by atoms with Gasteiger partial charge in [-0.1, -0.05) is 6.92 Å². The van der Waals surface area contributed by atoms with Crippen LogP contribution < -0.4 is 10.6 Å². The summed E-state index contributed by atoms with van der Waals surface area (Å²) in [6.45, 7) is 13.9. The van der Waals surface area contributed by atoms with Crippen molar-refractivity contribution in [1.29, 1.82) is 0 Å². The Hall–Kier alpha value is -1.52. The van der Waals surface area contributed by atoms with Gasteiger partial charge in [0.2, 0.25) is 0 Å². The van der Waals surface area contributed by atoms with Crippen LogP contribution in [-0.2, 0) is 11.3 Å². The zero-order valence-electron chi connectivity index (χ0n) is 17.9. The lowest BCUT2D eigenvalue weighted by Gasteiger charge is -2.27. The number of hydrogen-bond acceptors (Lipinski definition) is 4. The van der Waals surface area contributed by atoms with Crippen molar-refractivity contribution in [3.8, 4) is 0 Å². The van der Waals surface area contributed by atoms with Gasteiger partial charge in [-0.3, -0.25) is 9.67 Å². The predicted molar refractivity (Wildman–Crippen MR) is 124 cm³/mol. The third kappa shape index (κ3) is 12.0. The summed E-state index contributed by atoms with van der Waals surface area (Å²) in [7, 11) is 0. The molecule has 0 spiro atoms. The van der Waals surface area contributed by atoms with Gasteiger partial charge in [0.1, 0.15) is 5.60 Å². The Morgan fingerprint density at radius 3 is 2.57 bits per heavy atom. The molecule has 0 atom stereocenters. The minimum absolute atomic E-state index is 0. The van der Waals surface area contributed by atoms with Crippen LogP contribution in [0.3, 0.4) is 0 Å². The molecule has 0 saturated heterocycles. The van der Waals surface area contributed by atoms with Crippen LogP contribution in [-0.4, -0.2) is 65.1 Å². The van der Waals surface area contributed by atoms with Crippen molar-refractivity contribution in [3.63, 3.8) is 0 Å². The van der Waals surface area contributed by atoms with Gasteiger partial charge in [0.25, 0.3) is 0 Å². The second-order valence-corrected chi connectivity index (χ2v) is 7.28. The number of aliphatic imine (C=N–C) groups is 1. The Balaban J connectivity index is 0.00000729. The summed E-state index contributed by atoms with van der Waals surface area (Å²) in [5, 5.41) is 10.7. The summed E-state index contributed by atoms with van der Waals surface area (Å²) in [6.07, 6.45) is 5.26. The number of amides is 1. The van der Waals surface area contributed by atoms with Gasteiger partial charge in [-0.05, 0) is 46.6 Å². The van der Waals surface area contributed by atoms with E-state index in [-0.39, 0.29) is 30.1 Å². The van der Waals surface area contributed by atoms with Crippen LogP contribution in [0, 0.1) is 0 Å². The normalized spacial score (nSPS) is 11.5. The van der Waals surface area contributed by atoms with Crippen LogP contribution >= 0.6 is 24.0 Å². The highest BCUT2D eigenvalue weighted by atomic mass is 127. The zero-order chi connectivity index (χ0) is 20.1. The van der Waals surface area contributed by atoms with Crippen molar-refractivity contribution in [2.24, 2.45) is 4.99 Å². The van der Waals surface area contributed by atoms with E-state index in [0.717, 1.165) is 31.9 Å². The summed E-state index contributed by atoms with van der Waals surface area (Å²) >= 11 is 0. The molecule has 28 heavy (non-hydrogen) atoms. The number of nitrogens with zero attached hydrogens (tertiary/aromatic N) is 4. The summed E-state index contributed by atoms with van der Waals surface area (Å²) < 4.78 is 7.38. The summed E-state index contributed by atoms with van der Waals surface area (Å²) in [4.78, 5) is 18.6. The number of aryl methyl sites for hydroxylation is 1. The molecule has 9 heteroatoms. The molecular weight excluding hydrogens is 471 g/mol. The average molecular weight is 508 g/mol. The van der Waals surface area contributed by atoms with Crippen molar-refractivity contribution in [1.82, 2.24) is 25.3 Å². The number of carbonyl (C=O) groups is 1. The molecule has 1 amide bonds. The third-order valence-corrected chi connectivity index (χ3v) is 3.54. The molecule has 0 aliphatic carbocycles. The molecule has 0 bridgehead atoms. The van der Waals surface area contributed by atoms with Gasteiger partial charge in [-0.15, -0.1) is 24.0 Å². The first-order chi connectivity index (χ1) is 12.9. The lowest BCUT2D eigenvalue weighted by atomic mass is 10.2. The van der Waals surface area contributed by atoms with Gasteiger partial charge in [-0.2, -0.15) is 5.10 Å². The number of guanidine groups is 1. The largest absolute Gasteiger partial charge is 0.444 e. The van der Waals surface area contributed by atoms with Gasteiger partial charge in [0.15, 0.2) is 5.96 Å². The van der Waals surface area contributed by atoms with Crippen molar-refractivity contribution < 1.29 is 9.53 Å². The van der Waals surface area contributed by atoms with E-state index in [9.17, 15) is 4.79 Å². The highest BCUT2D eigenvalue weighted by Gasteiger charge is 2.21. The standard InChI is InChI=1S/C19H36N6O2.HI/c1-6-13-24(18(26)27-19(3,4)5)16-12-22-17(20-7-2)21-10-8-14-25-15-9-11-23-25;/h9,11,15H,6-8,10,12-14,16H2,1-5H3,(H2,20,21,22);1H. The van der Waals surface area contributed by atoms with Crippen LogP contribution in [0.25, 0.3) is 0 Å². The van der Waals surface area contributed by atoms with E-state index in [4.69, 9.17) is 4.74 Å². The Kier molecular flexibility index (Phi) is 13.7. The van der Waals surface area contributed by atoms with Crippen molar-refractivity contribution in [3.05, 3.63) is 18.5 Å². The lowest BCUT2D eigenvalue weighted by Crippen LogP contribution is -2.44. The summed E-state index contributed by atoms with van der Waals surface area (Å²) in [6, 6.07) is 1.92. The van der Waals surface area contributed by atoms with Gasteiger partial charge in [0.05, 0.1) is 0 Å². The maximum absolute atomic E-state index is 12.3. The number of carbonyl (C=O) groups excluding carboxylic acids is 1. The fourth-order valence-electron chi connectivity index (χ4n) is 2.40. The number of halogens is 1. The molecule has 8 nitrogen and oxygen atoms in total. The van der Waals surface area contributed by atoms with Crippen LogP contribution in [0.15, 0.2) is 23.5 Å². The first-order valence-corrected chi connectivity index (χ1v) is 9.83. The molecule has 0 unspecified atom stereocenters. The predicted octanol–water partition coefficient (Wildman–Crippen LogP) is 3.09. The molecule has 1 rings (SSSR count). The van der Waals surface area contributed by atoms with Crippen molar-refractivity contribution in [2.45, 2.75) is 59.6 Å². The average Bonchev–Trinajstić information content (AvgIpc) is 3.09. The molecule has 0 aliphatic rings. The van der Waals surface area contributed by atoms with Crippen LogP contribution in [0.1, 0.15) is 47.5 Å². The molecule has 0 radical (unpaired) electrons. The van der Waals surface area contributed by atoms with Crippen LogP contribution in [0.2, 0.25) is 0 Å². The number of aromatic nitrogens is 2. The number of rotatable bonds is 10. The second-order valence-electron chi connectivity index (χ2n) is 7.28. The monoisotopic (exact) mass is 508 g/mol. The van der Waals surface area contributed by atoms with E-state index < -0.39 is 5.60 Å². The fourth-order valence-corrected chi connectivity index (χ4v) is 2.40. The highest BCUT2D eigenvalue weighted by Crippen LogP contribution is 2.10. The van der Waals surface area contributed by atoms with E-state index in [1.54, 1.807) is 11.1 Å². The maximum Gasteiger partial charge on any atom is 0.410 e. The molecule has 0 aliphatic heterocycles. The van der Waals surface area contributed by atoms with Crippen molar-refractivity contribution in [2.75, 3.05) is 32.7 Å². The molecular formula is C19H37IN6O2. The van der Waals surface area contributed by atoms with Crippen LogP contribution in [0.5, 0.6) is 0 Å². The Bertz CT molecular complexity index is 557. The van der Waals surface area contributed by atoms with Gasteiger partial charge in [-0.25, -0.2) is 4.79 Å². The molecule has 0 saturated carbocycles. The number of ether oxygens (including phenoxy) is 1. The SMILES string of the molecule is CCCN(CCNC(=NCCCn1cccn1)NCC)C(=O)OC(C)(C)C.I. The van der Waals surface area contributed by atoms with E-state index in [1.165, 1.54) is 0 Å². The topological polar surface area (TPSA) is 83.8 Å². The first kappa shape index (κ1) is 26.5. The van der Waals surface area contributed by atoms with E-state index >= 15 is 0 Å². The third-order valence-electron chi connectivity index (χ3n) is 3.54. The molecule has 0 fully saturated rings. The molecule has 162 valence electrons. The Morgan fingerprint density at radius 2 is 2.00 bits per heavy atom. The highest BCUT2D eigenvalue weighted by molar-refractivity contribution is 14.0. The second kappa shape index (κ2) is 14.5. The smallest absolute Gasteiger partial charge is 0.410 e. The summed E-state index contributed by atoms with van der Waals surface area (Å²) in [5.74, 6) is 0.763. The lowest BCUT2D eigenvalue weighted by molar-refractivity contribution is 0.0253. The van der Waals surface area contributed by atoms with E-state index in [2.05, 4.69) is 27.6 Å². The van der Waals surface area contributed by atoms with Gasteiger partial charge < -0.3 is 20.3 Å². The summed E-state index contributed by atoms with van der Waals surface area (Å²) in [5.41, 5.74) is -0.485. The van der Waals surface area contributed by atoms with Crippen molar-refractivity contribution >= 4 is 36.0 Å². The molecule has 0 aromatic carbocycles. The first-order valence-electron chi connectivity index (χ1n) is 9.83. The Labute approximate surface area is 186 Å². The minimum Gasteiger partial charge on any atom is -0.444 e. The van der Waals surface area contributed by atoms with Gasteiger partial charge >= 0.3 is 6.09 Å². The van der Waals surface area contributed by atoms with E-state index in [1.807, 2.05) is 44.6 Å². The molecule has 1 aromatic heterocycles. The Morgan fingerprint density at radius 1 is 1.25 bits per heavy atom. The van der Waals surface area contributed by atoms with Crippen LogP contribution in [0.4, 0.5) is 4.79 Å². The molecule has 1 aromatic rings. The quantitative estimate of drug-likeness (QED) is 0.220. The number of hydrogen-bond donors (Lipinski definition) is 2. The maximum atomic E-state index is 12.3. The fraction of sp³-hybridized carbons (Fsp3) is 0.737. The zero-order valence-corrected chi connectivity index (χ0v) is 20.2. The van der Waals surface area contributed by atoms with Gasteiger partial charge in [0, 0.05) is 51.7 Å². The van der Waals surface area contributed by atoms with E-state index in [0.29, 0.717) is 26.2 Å². The molecule has 1 heterocycles. The molecule has 2 N–H and O–H groups in total.